The van der Waals surface area contributed by atoms with Crippen molar-refractivity contribution in [3.05, 3.63) is 23.2 Å². The molecule has 2 N–H and O–H groups in total. The van der Waals surface area contributed by atoms with Gasteiger partial charge in [0.1, 0.15) is 4.90 Å². The summed E-state index contributed by atoms with van der Waals surface area (Å²) in [5.41, 5.74) is 5.94. The summed E-state index contributed by atoms with van der Waals surface area (Å²) >= 11 is 5.83. The molecule has 1 fully saturated rings. The lowest BCUT2D eigenvalue weighted by molar-refractivity contribution is 0.0393. The van der Waals surface area contributed by atoms with Crippen LogP contribution < -0.4 is 5.73 Å². The number of nitrogens with zero attached hydrogens (tertiary/aromatic N) is 1. The lowest BCUT2D eigenvalue weighted by Gasteiger charge is -2.32. The van der Waals surface area contributed by atoms with Gasteiger partial charge in [-0.1, -0.05) is 11.6 Å². The maximum absolute atomic E-state index is 12.5. The highest BCUT2D eigenvalue weighted by molar-refractivity contribution is 7.89. The molecule has 1 atom stereocenters. The molecular formula is C11H15ClN2O3S. The smallest absolute Gasteiger partial charge is 0.245 e. The number of benzene rings is 1. The highest BCUT2D eigenvalue weighted by Gasteiger charge is 2.32. The first kappa shape index (κ1) is 13.6. The van der Waals surface area contributed by atoms with E-state index in [-0.39, 0.29) is 16.6 Å². The Kier molecular flexibility index (Phi) is 3.82. The van der Waals surface area contributed by atoms with E-state index in [1.54, 1.807) is 13.0 Å². The van der Waals surface area contributed by atoms with Crippen LogP contribution in [0.25, 0.3) is 0 Å². The predicted molar refractivity (Wildman–Crippen MR) is 70.0 cm³/mol. The fraction of sp³-hybridized carbons (Fsp3) is 0.455. The van der Waals surface area contributed by atoms with Gasteiger partial charge in [0.25, 0.3) is 0 Å². The van der Waals surface area contributed by atoms with Gasteiger partial charge in [0.2, 0.25) is 10.0 Å². The SMILES string of the molecule is CC1COCCN1S(=O)(=O)c1cc(Cl)ccc1N. The first-order valence-corrected chi connectivity index (χ1v) is 7.39. The van der Waals surface area contributed by atoms with Crippen LogP contribution in [0.4, 0.5) is 5.69 Å². The van der Waals surface area contributed by atoms with Gasteiger partial charge in [0, 0.05) is 17.6 Å². The molecule has 1 aliphatic rings. The van der Waals surface area contributed by atoms with E-state index in [2.05, 4.69) is 0 Å². The first-order valence-electron chi connectivity index (χ1n) is 5.57. The van der Waals surface area contributed by atoms with E-state index in [1.807, 2.05) is 0 Å². The number of rotatable bonds is 2. The highest BCUT2D eigenvalue weighted by Crippen LogP contribution is 2.27. The number of halogens is 1. The molecule has 0 amide bonds. The zero-order chi connectivity index (χ0) is 13.3. The monoisotopic (exact) mass is 290 g/mol. The van der Waals surface area contributed by atoms with Crippen molar-refractivity contribution in [3.8, 4) is 0 Å². The predicted octanol–water partition coefficient (Wildman–Crippen LogP) is 1.33. The Bertz CT molecular complexity index is 547. The quantitative estimate of drug-likeness (QED) is 0.834. The normalized spacial score (nSPS) is 22.0. The van der Waals surface area contributed by atoms with Crippen LogP contribution in [0, 0.1) is 0 Å². The van der Waals surface area contributed by atoms with Crippen LogP contribution in [0.2, 0.25) is 5.02 Å². The van der Waals surface area contributed by atoms with Crippen LogP contribution in [0.3, 0.4) is 0 Å². The maximum atomic E-state index is 12.5. The van der Waals surface area contributed by atoms with Crippen LogP contribution in [-0.4, -0.2) is 38.5 Å². The van der Waals surface area contributed by atoms with Crippen LogP contribution >= 0.6 is 11.6 Å². The van der Waals surface area contributed by atoms with Gasteiger partial charge in [0.05, 0.1) is 18.9 Å². The number of nitrogens with two attached hydrogens (primary N) is 1. The van der Waals surface area contributed by atoms with Gasteiger partial charge < -0.3 is 10.5 Å². The van der Waals surface area contributed by atoms with E-state index in [4.69, 9.17) is 22.1 Å². The Labute approximate surface area is 112 Å². The first-order chi connectivity index (χ1) is 8.43. The van der Waals surface area contributed by atoms with Crippen molar-refractivity contribution in [2.24, 2.45) is 0 Å². The molecule has 2 rings (SSSR count). The summed E-state index contributed by atoms with van der Waals surface area (Å²) < 4.78 is 31.6. The molecule has 0 spiro atoms. The fourth-order valence-electron chi connectivity index (χ4n) is 1.93. The van der Waals surface area contributed by atoms with E-state index in [1.165, 1.54) is 16.4 Å². The standard InChI is InChI=1S/C11H15ClN2O3S/c1-8-7-17-5-4-14(8)18(15,16)11-6-9(12)2-3-10(11)13/h2-3,6,8H,4-5,7,13H2,1H3. The Balaban J connectivity index is 2.44. The van der Waals surface area contributed by atoms with Gasteiger partial charge in [0.15, 0.2) is 0 Å². The number of morpholine rings is 1. The number of ether oxygens (including phenoxy) is 1. The minimum absolute atomic E-state index is 0.0590. The summed E-state index contributed by atoms with van der Waals surface area (Å²) in [7, 11) is -3.62. The third-order valence-electron chi connectivity index (χ3n) is 2.87. The van der Waals surface area contributed by atoms with Crippen molar-refractivity contribution >= 4 is 27.3 Å². The molecule has 5 nitrogen and oxygen atoms in total. The molecule has 0 saturated carbocycles. The van der Waals surface area contributed by atoms with Crippen molar-refractivity contribution in [1.29, 1.82) is 0 Å². The minimum Gasteiger partial charge on any atom is -0.398 e. The van der Waals surface area contributed by atoms with E-state index < -0.39 is 10.0 Å². The van der Waals surface area contributed by atoms with Gasteiger partial charge in [-0.25, -0.2) is 8.42 Å². The molecule has 1 unspecified atom stereocenters. The molecule has 0 aliphatic carbocycles. The van der Waals surface area contributed by atoms with Crippen molar-refractivity contribution < 1.29 is 13.2 Å². The van der Waals surface area contributed by atoms with Gasteiger partial charge >= 0.3 is 0 Å². The van der Waals surface area contributed by atoms with Gasteiger partial charge in [-0.15, -0.1) is 0 Å². The molecule has 18 heavy (non-hydrogen) atoms. The molecule has 1 aliphatic heterocycles. The second kappa shape index (κ2) is 5.05. The summed E-state index contributed by atoms with van der Waals surface area (Å²) in [6.07, 6.45) is 0. The Morgan fingerprint density at radius 2 is 2.22 bits per heavy atom. The number of nitrogen functional groups attached to an aromatic ring is 1. The number of anilines is 1. The average molecular weight is 291 g/mol. The van der Waals surface area contributed by atoms with Crippen LogP contribution in [-0.2, 0) is 14.8 Å². The molecule has 1 aromatic rings. The average Bonchev–Trinajstić information content (AvgIpc) is 2.32. The van der Waals surface area contributed by atoms with Gasteiger partial charge in [-0.2, -0.15) is 4.31 Å². The molecule has 0 bridgehead atoms. The molecule has 7 heteroatoms. The van der Waals surface area contributed by atoms with E-state index in [0.717, 1.165) is 0 Å². The molecule has 0 radical (unpaired) electrons. The van der Waals surface area contributed by atoms with Crippen molar-refractivity contribution in [1.82, 2.24) is 4.31 Å². The van der Waals surface area contributed by atoms with Crippen LogP contribution in [0.1, 0.15) is 6.92 Å². The second-order valence-corrected chi connectivity index (χ2v) is 6.52. The maximum Gasteiger partial charge on any atom is 0.245 e. The van der Waals surface area contributed by atoms with Crippen molar-refractivity contribution in [2.75, 3.05) is 25.5 Å². The molecule has 1 saturated heterocycles. The summed E-state index contributed by atoms with van der Waals surface area (Å²) in [4.78, 5) is 0.0590. The van der Waals surface area contributed by atoms with Crippen LogP contribution in [0.15, 0.2) is 23.1 Å². The summed E-state index contributed by atoms with van der Waals surface area (Å²) in [6.45, 7) is 2.91. The molecule has 1 aromatic carbocycles. The molecule has 100 valence electrons. The Hall–Kier alpha value is -0.820. The molecular weight excluding hydrogens is 276 g/mol. The van der Waals surface area contributed by atoms with Gasteiger partial charge in [-0.05, 0) is 25.1 Å². The number of sulfonamides is 1. The van der Waals surface area contributed by atoms with Crippen molar-refractivity contribution in [3.63, 3.8) is 0 Å². The third-order valence-corrected chi connectivity index (χ3v) is 5.17. The number of hydrogen-bond donors (Lipinski definition) is 1. The second-order valence-electron chi connectivity index (χ2n) is 4.22. The Morgan fingerprint density at radius 1 is 1.50 bits per heavy atom. The van der Waals surface area contributed by atoms with E-state index >= 15 is 0 Å². The largest absolute Gasteiger partial charge is 0.398 e. The summed E-state index contributed by atoms with van der Waals surface area (Å²) in [5.74, 6) is 0. The molecule has 1 heterocycles. The zero-order valence-corrected chi connectivity index (χ0v) is 11.5. The van der Waals surface area contributed by atoms with Gasteiger partial charge in [-0.3, -0.25) is 0 Å². The van der Waals surface area contributed by atoms with E-state index in [9.17, 15) is 8.42 Å². The van der Waals surface area contributed by atoms with Crippen LogP contribution in [0.5, 0.6) is 0 Å². The third kappa shape index (κ3) is 2.47. The topological polar surface area (TPSA) is 72.6 Å². The minimum atomic E-state index is -3.62. The lowest BCUT2D eigenvalue weighted by Crippen LogP contribution is -2.47. The van der Waals surface area contributed by atoms with E-state index in [0.29, 0.717) is 24.8 Å². The highest BCUT2D eigenvalue weighted by atomic mass is 35.5. The summed E-state index contributed by atoms with van der Waals surface area (Å²) in [6, 6.07) is 4.25. The fourth-order valence-corrected chi connectivity index (χ4v) is 3.91. The number of hydrogen-bond acceptors (Lipinski definition) is 4. The molecule has 0 aromatic heterocycles. The lowest BCUT2D eigenvalue weighted by atomic mass is 10.3. The zero-order valence-electron chi connectivity index (χ0n) is 9.97. The van der Waals surface area contributed by atoms with Crippen molar-refractivity contribution in [2.45, 2.75) is 17.9 Å². The summed E-state index contributed by atoms with van der Waals surface area (Å²) in [5, 5.41) is 0.351. The Morgan fingerprint density at radius 3 is 2.89 bits per heavy atom.